The predicted molar refractivity (Wildman–Crippen MR) is 101 cm³/mol. The van der Waals surface area contributed by atoms with E-state index in [9.17, 15) is 4.79 Å². The summed E-state index contributed by atoms with van der Waals surface area (Å²) in [4.78, 5) is 14.6. The molecule has 1 aliphatic rings. The van der Waals surface area contributed by atoms with Crippen LogP contribution in [0.4, 0.5) is 0 Å². The van der Waals surface area contributed by atoms with Gasteiger partial charge >= 0.3 is 5.97 Å². The minimum absolute atomic E-state index is 0.246. The van der Waals surface area contributed by atoms with Gasteiger partial charge < -0.3 is 14.4 Å². The zero-order valence-corrected chi connectivity index (χ0v) is 15.8. The molecule has 0 bridgehead atoms. The van der Waals surface area contributed by atoms with Crippen molar-refractivity contribution in [1.82, 2.24) is 4.90 Å². The molecule has 0 unspecified atom stereocenters. The Morgan fingerprint density at radius 3 is 2.64 bits per heavy atom. The lowest BCUT2D eigenvalue weighted by molar-refractivity contribution is 0.0475. The van der Waals surface area contributed by atoms with Gasteiger partial charge in [-0.15, -0.1) is 0 Å². The van der Waals surface area contributed by atoms with E-state index in [4.69, 9.17) is 9.47 Å². The average Bonchev–Trinajstić information content (AvgIpc) is 2.64. The van der Waals surface area contributed by atoms with E-state index in [0.717, 1.165) is 31.7 Å². The van der Waals surface area contributed by atoms with Crippen LogP contribution in [0.5, 0.6) is 5.75 Å². The molecule has 25 heavy (non-hydrogen) atoms. The van der Waals surface area contributed by atoms with E-state index < -0.39 is 0 Å². The molecule has 1 aromatic carbocycles. The molecule has 4 nitrogen and oxygen atoms in total. The van der Waals surface area contributed by atoms with Crippen molar-refractivity contribution < 1.29 is 14.3 Å². The maximum Gasteiger partial charge on any atom is 0.338 e. The second-order valence-electron chi connectivity index (χ2n) is 6.95. The Hall–Kier alpha value is -1.55. The summed E-state index contributed by atoms with van der Waals surface area (Å²) in [5.41, 5.74) is 0.590. The largest absolute Gasteiger partial charge is 0.494 e. The summed E-state index contributed by atoms with van der Waals surface area (Å²) >= 11 is 0. The number of nitrogens with zero attached hydrogens (tertiary/aromatic N) is 1. The number of carbonyl (C=O) groups excluding carboxylic acids is 1. The van der Waals surface area contributed by atoms with Gasteiger partial charge in [-0.25, -0.2) is 4.79 Å². The standard InChI is InChI=1S/C21H33NO3/c1-3-4-7-16-24-20-12-10-19(11-13-20)21(23)25-17-8-15-22-14-6-5-9-18(22)2/h10-13,18H,3-9,14-17H2,1-2H3/t18-/m0/s1. The van der Waals surface area contributed by atoms with Crippen molar-refractivity contribution in [2.75, 3.05) is 26.3 Å². The molecule has 1 saturated heterocycles. The zero-order chi connectivity index (χ0) is 17.9. The first-order valence-corrected chi connectivity index (χ1v) is 9.84. The molecule has 0 N–H and O–H groups in total. The van der Waals surface area contributed by atoms with E-state index in [2.05, 4.69) is 18.7 Å². The first-order valence-electron chi connectivity index (χ1n) is 9.84. The molecule has 1 aromatic rings. The van der Waals surface area contributed by atoms with Crippen LogP contribution in [0.3, 0.4) is 0 Å². The Morgan fingerprint density at radius 1 is 1.12 bits per heavy atom. The lowest BCUT2D eigenvalue weighted by Crippen LogP contribution is -2.38. The molecule has 1 fully saturated rings. The number of unbranched alkanes of at least 4 members (excludes halogenated alkanes) is 2. The maximum atomic E-state index is 12.1. The molecule has 0 saturated carbocycles. The van der Waals surface area contributed by atoms with Gasteiger partial charge in [-0.3, -0.25) is 0 Å². The van der Waals surface area contributed by atoms with Gasteiger partial charge in [0, 0.05) is 12.6 Å². The van der Waals surface area contributed by atoms with Gasteiger partial charge in [0.2, 0.25) is 0 Å². The fraction of sp³-hybridized carbons (Fsp3) is 0.667. The summed E-state index contributed by atoms with van der Waals surface area (Å²) in [6.45, 7) is 7.86. The quantitative estimate of drug-likeness (QED) is 0.455. The molecule has 1 atom stereocenters. The number of esters is 1. The molecular weight excluding hydrogens is 314 g/mol. The van der Waals surface area contributed by atoms with Crippen LogP contribution in [0.1, 0.15) is 69.2 Å². The van der Waals surface area contributed by atoms with Gasteiger partial charge in [-0.1, -0.05) is 26.2 Å². The molecule has 140 valence electrons. The van der Waals surface area contributed by atoms with Gasteiger partial charge in [0.15, 0.2) is 0 Å². The lowest BCUT2D eigenvalue weighted by Gasteiger charge is -2.33. The minimum Gasteiger partial charge on any atom is -0.494 e. The van der Waals surface area contributed by atoms with E-state index in [1.165, 1.54) is 38.6 Å². The third kappa shape index (κ3) is 7.07. The normalized spacial score (nSPS) is 18.1. The number of piperidine rings is 1. The van der Waals surface area contributed by atoms with Crippen LogP contribution in [0.2, 0.25) is 0 Å². The number of rotatable bonds is 10. The van der Waals surface area contributed by atoms with Gasteiger partial charge in [-0.05, 0) is 63.4 Å². The van der Waals surface area contributed by atoms with E-state index in [-0.39, 0.29) is 5.97 Å². The van der Waals surface area contributed by atoms with E-state index >= 15 is 0 Å². The molecule has 4 heteroatoms. The number of benzene rings is 1. The molecule has 0 aromatic heterocycles. The van der Waals surface area contributed by atoms with Gasteiger partial charge in [0.05, 0.1) is 18.8 Å². The third-order valence-electron chi connectivity index (χ3n) is 4.87. The first-order chi connectivity index (χ1) is 12.2. The SMILES string of the molecule is CCCCCOc1ccc(C(=O)OCCCN2CCCC[C@@H]2C)cc1. The van der Waals surface area contributed by atoms with Crippen molar-refractivity contribution in [1.29, 1.82) is 0 Å². The first kappa shape index (κ1) is 19.8. The van der Waals surface area contributed by atoms with Gasteiger partial charge in [-0.2, -0.15) is 0 Å². The molecule has 0 radical (unpaired) electrons. The number of hydrogen-bond acceptors (Lipinski definition) is 4. The molecule has 0 spiro atoms. The number of ether oxygens (including phenoxy) is 2. The van der Waals surface area contributed by atoms with Crippen LogP contribution in [0.25, 0.3) is 0 Å². The van der Waals surface area contributed by atoms with E-state index in [1.54, 1.807) is 12.1 Å². The fourth-order valence-corrected chi connectivity index (χ4v) is 3.23. The Morgan fingerprint density at radius 2 is 1.92 bits per heavy atom. The van der Waals surface area contributed by atoms with Gasteiger partial charge in [0.1, 0.15) is 5.75 Å². The average molecular weight is 347 g/mol. The molecule has 1 heterocycles. The van der Waals surface area contributed by atoms with E-state index in [1.807, 2.05) is 12.1 Å². The second kappa shape index (κ2) is 11.1. The topological polar surface area (TPSA) is 38.8 Å². The number of carbonyl (C=O) groups is 1. The van der Waals surface area contributed by atoms with Crippen LogP contribution in [0.15, 0.2) is 24.3 Å². The zero-order valence-electron chi connectivity index (χ0n) is 15.8. The lowest BCUT2D eigenvalue weighted by atomic mass is 10.0. The molecule has 1 aliphatic heterocycles. The van der Waals surface area contributed by atoms with Crippen LogP contribution in [-0.2, 0) is 4.74 Å². The summed E-state index contributed by atoms with van der Waals surface area (Å²) in [7, 11) is 0. The number of likely N-dealkylation sites (tertiary alicyclic amines) is 1. The van der Waals surface area contributed by atoms with Crippen molar-refractivity contribution in [2.24, 2.45) is 0 Å². The smallest absolute Gasteiger partial charge is 0.338 e. The Labute approximate surface area is 152 Å². The fourth-order valence-electron chi connectivity index (χ4n) is 3.23. The van der Waals surface area contributed by atoms with E-state index in [0.29, 0.717) is 18.2 Å². The Bertz CT molecular complexity index is 500. The monoisotopic (exact) mass is 347 g/mol. The highest BCUT2D eigenvalue weighted by Gasteiger charge is 2.17. The summed E-state index contributed by atoms with van der Waals surface area (Å²) in [6, 6.07) is 7.92. The molecule has 0 amide bonds. The third-order valence-corrected chi connectivity index (χ3v) is 4.87. The van der Waals surface area contributed by atoms with Crippen molar-refractivity contribution in [3.63, 3.8) is 0 Å². The highest BCUT2D eigenvalue weighted by Crippen LogP contribution is 2.17. The van der Waals surface area contributed by atoms with Gasteiger partial charge in [0.25, 0.3) is 0 Å². The number of hydrogen-bond donors (Lipinski definition) is 0. The van der Waals surface area contributed by atoms with Crippen molar-refractivity contribution >= 4 is 5.97 Å². The summed E-state index contributed by atoms with van der Waals surface area (Å²) in [5.74, 6) is 0.566. The van der Waals surface area contributed by atoms with Crippen LogP contribution in [0, 0.1) is 0 Å². The highest BCUT2D eigenvalue weighted by molar-refractivity contribution is 5.89. The Kier molecular flexibility index (Phi) is 8.81. The summed E-state index contributed by atoms with van der Waals surface area (Å²) < 4.78 is 11.1. The summed E-state index contributed by atoms with van der Waals surface area (Å²) in [6.07, 6.45) is 8.24. The summed E-state index contributed by atoms with van der Waals surface area (Å²) in [5, 5.41) is 0. The maximum absolute atomic E-state index is 12.1. The van der Waals surface area contributed by atoms with Crippen molar-refractivity contribution in [3.05, 3.63) is 29.8 Å². The van der Waals surface area contributed by atoms with Crippen molar-refractivity contribution in [3.8, 4) is 5.75 Å². The molecular formula is C21H33NO3. The Balaban J connectivity index is 1.64. The van der Waals surface area contributed by atoms with Crippen LogP contribution >= 0.6 is 0 Å². The molecule has 0 aliphatic carbocycles. The van der Waals surface area contributed by atoms with Crippen molar-refractivity contribution in [2.45, 2.75) is 64.8 Å². The van der Waals surface area contributed by atoms with Crippen LogP contribution in [-0.4, -0.2) is 43.2 Å². The second-order valence-corrected chi connectivity index (χ2v) is 6.95. The highest BCUT2D eigenvalue weighted by atomic mass is 16.5. The molecule has 2 rings (SSSR count). The van der Waals surface area contributed by atoms with Crippen LogP contribution < -0.4 is 4.74 Å². The minimum atomic E-state index is -0.246. The predicted octanol–water partition coefficient (Wildman–Crippen LogP) is 4.68.